The summed E-state index contributed by atoms with van der Waals surface area (Å²) in [6.07, 6.45) is -0.252. The molecule has 4 rings (SSSR count). The summed E-state index contributed by atoms with van der Waals surface area (Å²) < 4.78 is 5.76. The number of carbonyl (C=O) groups is 1. The fraction of sp³-hybridized carbons (Fsp3) is 0.158. The van der Waals surface area contributed by atoms with E-state index in [1.165, 1.54) is 0 Å². The highest BCUT2D eigenvalue weighted by atomic mass is 32.1. The van der Waals surface area contributed by atoms with Crippen LogP contribution in [0, 0.1) is 6.92 Å². The molecular weight excluding hydrogens is 334 g/mol. The number of nitrogens with zero attached hydrogens (tertiary/aromatic N) is 1. The van der Waals surface area contributed by atoms with Crippen molar-refractivity contribution in [2.75, 3.05) is 5.32 Å². The number of nitrogens with one attached hydrogen (secondary N) is 2. The predicted octanol–water partition coefficient (Wildman–Crippen LogP) is 3.88. The summed E-state index contributed by atoms with van der Waals surface area (Å²) >= 11 is 1.62. The number of aryl methyl sites for hydroxylation is 1. The van der Waals surface area contributed by atoms with Gasteiger partial charge in [-0.3, -0.25) is 4.79 Å². The zero-order valence-electron chi connectivity index (χ0n) is 13.7. The summed E-state index contributed by atoms with van der Waals surface area (Å²) in [6, 6.07) is 15.2. The van der Waals surface area contributed by atoms with Crippen LogP contribution in [0.25, 0.3) is 0 Å². The molecule has 1 atom stereocenters. The quantitative estimate of drug-likeness (QED) is 0.749. The average molecular weight is 351 g/mol. The van der Waals surface area contributed by atoms with Gasteiger partial charge in [0.15, 0.2) is 0 Å². The van der Waals surface area contributed by atoms with Gasteiger partial charge in [0, 0.05) is 11.1 Å². The molecule has 6 heteroatoms. The first-order valence-electron chi connectivity index (χ1n) is 7.99. The number of carbonyl (C=O) groups excluding carboxylic acids is 1. The highest BCUT2D eigenvalue weighted by Gasteiger charge is 2.23. The number of amides is 1. The van der Waals surface area contributed by atoms with E-state index in [9.17, 15) is 4.79 Å². The van der Waals surface area contributed by atoms with Gasteiger partial charge in [0.1, 0.15) is 18.5 Å². The lowest BCUT2D eigenvalue weighted by atomic mass is 10.1. The SMILES string of the molecule is Cc1nc(COc2ccc([C@@H]3NC(=O)c4ccccc4N3)cc2)cs1. The molecule has 0 unspecified atom stereocenters. The van der Waals surface area contributed by atoms with Gasteiger partial charge < -0.3 is 15.4 Å². The van der Waals surface area contributed by atoms with Crippen LogP contribution in [0.5, 0.6) is 5.75 Å². The topological polar surface area (TPSA) is 63.2 Å². The first-order chi connectivity index (χ1) is 12.2. The van der Waals surface area contributed by atoms with Crippen molar-refractivity contribution in [3.63, 3.8) is 0 Å². The molecular formula is C19H17N3O2S. The third-order valence-corrected chi connectivity index (χ3v) is 4.84. The van der Waals surface area contributed by atoms with Crippen LogP contribution in [0.4, 0.5) is 5.69 Å². The Morgan fingerprint density at radius 1 is 1.12 bits per heavy atom. The first kappa shape index (κ1) is 15.7. The molecule has 2 heterocycles. The Kier molecular flexibility index (Phi) is 4.11. The molecule has 0 radical (unpaired) electrons. The zero-order chi connectivity index (χ0) is 17.2. The lowest BCUT2D eigenvalue weighted by molar-refractivity contribution is 0.0935. The van der Waals surface area contributed by atoms with E-state index in [2.05, 4.69) is 15.6 Å². The fourth-order valence-corrected chi connectivity index (χ4v) is 3.36. The van der Waals surface area contributed by atoms with Crippen LogP contribution in [0.15, 0.2) is 53.9 Å². The highest BCUT2D eigenvalue weighted by molar-refractivity contribution is 7.09. The number of rotatable bonds is 4. The van der Waals surface area contributed by atoms with Gasteiger partial charge in [-0.2, -0.15) is 0 Å². The summed E-state index contributed by atoms with van der Waals surface area (Å²) in [5, 5.41) is 9.35. The van der Waals surface area contributed by atoms with Crippen molar-refractivity contribution in [3.8, 4) is 5.75 Å². The molecule has 0 saturated heterocycles. The standard InChI is InChI=1S/C19H17N3O2S/c1-12-20-14(11-25-12)10-24-15-8-6-13(7-9-15)18-21-17-5-3-2-4-16(17)19(23)22-18/h2-9,11,18,21H,10H2,1H3,(H,22,23)/t18-/m0/s1. The van der Waals surface area contributed by atoms with Crippen molar-refractivity contribution in [1.29, 1.82) is 0 Å². The van der Waals surface area contributed by atoms with Crippen molar-refractivity contribution in [2.24, 2.45) is 0 Å². The Labute approximate surface area is 149 Å². The van der Waals surface area contributed by atoms with Crippen molar-refractivity contribution in [1.82, 2.24) is 10.3 Å². The van der Waals surface area contributed by atoms with Crippen LogP contribution in [0.2, 0.25) is 0 Å². The molecule has 126 valence electrons. The van der Waals surface area contributed by atoms with Gasteiger partial charge in [0.25, 0.3) is 5.91 Å². The molecule has 0 aliphatic carbocycles. The minimum absolute atomic E-state index is 0.0708. The molecule has 1 aliphatic heterocycles. The Hall–Kier alpha value is -2.86. The number of aromatic nitrogens is 1. The second-order valence-electron chi connectivity index (χ2n) is 5.81. The summed E-state index contributed by atoms with van der Waals surface area (Å²) in [6.45, 7) is 2.43. The minimum atomic E-state index is -0.252. The molecule has 0 fully saturated rings. The third-order valence-electron chi connectivity index (χ3n) is 4.01. The maximum absolute atomic E-state index is 12.2. The summed E-state index contributed by atoms with van der Waals surface area (Å²) in [4.78, 5) is 16.6. The molecule has 5 nitrogen and oxygen atoms in total. The molecule has 1 amide bonds. The number of benzene rings is 2. The molecule has 0 saturated carbocycles. The number of para-hydroxylation sites is 1. The summed E-state index contributed by atoms with van der Waals surface area (Å²) in [5.41, 5.74) is 3.41. The Bertz CT molecular complexity index is 905. The van der Waals surface area contributed by atoms with Gasteiger partial charge in [-0.1, -0.05) is 24.3 Å². The second-order valence-corrected chi connectivity index (χ2v) is 6.87. The molecule has 3 aromatic rings. The molecule has 1 aromatic heterocycles. The number of hydrogen-bond acceptors (Lipinski definition) is 5. The molecule has 0 bridgehead atoms. The van der Waals surface area contributed by atoms with Crippen LogP contribution in [-0.4, -0.2) is 10.9 Å². The van der Waals surface area contributed by atoms with Crippen LogP contribution < -0.4 is 15.4 Å². The van der Waals surface area contributed by atoms with E-state index in [1.54, 1.807) is 11.3 Å². The summed E-state index contributed by atoms with van der Waals surface area (Å²) in [7, 11) is 0. The summed E-state index contributed by atoms with van der Waals surface area (Å²) in [5.74, 6) is 0.704. The van der Waals surface area contributed by atoms with Gasteiger partial charge in [-0.15, -0.1) is 11.3 Å². The molecule has 25 heavy (non-hydrogen) atoms. The van der Waals surface area contributed by atoms with Gasteiger partial charge in [0.2, 0.25) is 0 Å². The maximum atomic E-state index is 12.2. The lowest BCUT2D eigenvalue weighted by Crippen LogP contribution is -2.38. The normalized spacial score (nSPS) is 15.9. The highest BCUT2D eigenvalue weighted by Crippen LogP contribution is 2.27. The molecule has 1 aliphatic rings. The van der Waals surface area contributed by atoms with Gasteiger partial charge >= 0.3 is 0 Å². The Balaban J connectivity index is 1.45. The number of thiazole rings is 1. The van der Waals surface area contributed by atoms with E-state index in [1.807, 2.05) is 60.8 Å². The maximum Gasteiger partial charge on any atom is 0.255 e. The monoisotopic (exact) mass is 351 g/mol. The van der Waals surface area contributed by atoms with Gasteiger partial charge in [-0.05, 0) is 36.8 Å². The number of hydrogen-bond donors (Lipinski definition) is 2. The van der Waals surface area contributed by atoms with Gasteiger partial charge in [-0.25, -0.2) is 4.98 Å². The van der Waals surface area contributed by atoms with Crippen LogP contribution in [-0.2, 0) is 6.61 Å². The van der Waals surface area contributed by atoms with E-state index in [0.29, 0.717) is 12.2 Å². The molecule has 2 N–H and O–H groups in total. The minimum Gasteiger partial charge on any atom is -0.487 e. The smallest absolute Gasteiger partial charge is 0.255 e. The number of ether oxygens (including phenoxy) is 1. The van der Waals surface area contributed by atoms with Crippen LogP contribution in [0.3, 0.4) is 0 Å². The van der Waals surface area contributed by atoms with Crippen LogP contribution >= 0.6 is 11.3 Å². The molecule has 0 spiro atoms. The average Bonchev–Trinajstić information content (AvgIpc) is 3.06. The predicted molar refractivity (Wildman–Crippen MR) is 97.9 cm³/mol. The first-order valence-corrected chi connectivity index (χ1v) is 8.87. The number of fused-ring (bicyclic) bond motifs is 1. The lowest BCUT2D eigenvalue weighted by Gasteiger charge is -2.28. The van der Waals surface area contributed by atoms with Crippen molar-refractivity contribution >= 4 is 22.9 Å². The van der Waals surface area contributed by atoms with Crippen molar-refractivity contribution < 1.29 is 9.53 Å². The largest absolute Gasteiger partial charge is 0.487 e. The zero-order valence-corrected chi connectivity index (χ0v) is 14.5. The van der Waals surface area contributed by atoms with Gasteiger partial charge in [0.05, 0.1) is 16.3 Å². The molecule has 2 aromatic carbocycles. The van der Waals surface area contributed by atoms with Crippen molar-refractivity contribution in [3.05, 3.63) is 75.7 Å². The van der Waals surface area contributed by atoms with E-state index < -0.39 is 0 Å². The van der Waals surface area contributed by atoms with Crippen molar-refractivity contribution in [2.45, 2.75) is 19.7 Å². The third kappa shape index (κ3) is 3.34. The van der Waals surface area contributed by atoms with E-state index in [4.69, 9.17) is 4.74 Å². The van der Waals surface area contributed by atoms with E-state index in [0.717, 1.165) is 27.7 Å². The van der Waals surface area contributed by atoms with Crippen LogP contribution in [0.1, 0.15) is 32.8 Å². The Morgan fingerprint density at radius 2 is 1.92 bits per heavy atom. The Morgan fingerprint density at radius 3 is 2.68 bits per heavy atom. The van der Waals surface area contributed by atoms with E-state index in [-0.39, 0.29) is 12.1 Å². The second kappa shape index (κ2) is 6.57. The number of anilines is 1. The fourth-order valence-electron chi connectivity index (χ4n) is 2.76. The van der Waals surface area contributed by atoms with E-state index >= 15 is 0 Å².